The van der Waals surface area contributed by atoms with E-state index in [1.165, 1.54) is 0 Å². The minimum absolute atomic E-state index is 0.652. The molecule has 0 aliphatic heterocycles. The van der Waals surface area contributed by atoms with Crippen LogP contribution in [0.3, 0.4) is 0 Å². The number of pyridine rings is 2. The second kappa shape index (κ2) is 12.7. The van der Waals surface area contributed by atoms with Crippen molar-refractivity contribution in [2.45, 2.75) is 13.8 Å². The van der Waals surface area contributed by atoms with Crippen LogP contribution < -0.4 is 22.6 Å². The van der Waals surface area contributed by atoms with E-state index < -0.39 is 25.6 Å². The fourth-order valence-corrected chi connectivity index (χ4v) is 16.4. The maximum atomic E-state index is 7.58. The standard InChI is InChI=1S/C18H15OSi.2C10H9NO.Ga/c19-20(16-10-4-1-5-11-16,17-12-6-2-7-13-17)18-14-8-3-9-15-18;2*1-7-5-8-3-2-4-9(12)10(8)11-6-7;/h1-15H;2*2-6,12H,1H3;/q-1;;;+3/p-2. The fraction of sp³-hybridized carbons (Fsp3) is 0.0526. The van der Waals surface area contributed by atoms with Crippen LogP contribution in [0.2, 0.25) is 0 Å². The van der Waals surface area contributed by atoms with Gasteiger partial charge in [0.15, 0.2) is 0 Å². The number of hydrogen-bond donors (Lipinski definition) is 0. The molecule has 7 heteroatoms. The van der Waals surface area contributed by atoms with Gasteiger partial charge in [-0.05, 0) is 0 Å². The number of rotatable bonds is 9. The second-order valence-electron chi connectivity index (χ2n) is 11.1. The van der Waals surface area contributed by atoms with Crippen molar-refractivity contribution in [3.8, 4) is 11.5 Å². The topological polar surface area (TPSA) is 53.5 Å². The SMILES string of the molecule is Cc1cnc2c([O][Ga]([O]c3cccc4cc(C)cnc34)[O][Si](c3ccccc3)(c3ccccc3)c3ccccc3)cccc2c1. The van der Waals surface area contributed by atoms with Crippen LogP contribution in [-0.4, -0.2) is 35.6 Å². The molecule has 5 aromatic carbocycles. The van der Waals surface area contributed by atoms with E-state index in [4.69, 9.17) is 20.2 Å². The molecular weight excluding hydrogens is 630 g/mol. The van der Waals surface area contributed by atoms with E-state index in [1.807, 2.05) is 68.7 Å². The molecular formula is C38H31GaN2O3Si. The molecule has 218 valence electrons. The van der Waals surface area contributed by atoms with Gasteiger partial charge < -0.3 is 0 Å². The summed E-state index contributed by atoms with van der Waals surface area (Å²) in [4.78, 5) is 9.53. The van der Waals surface area contributed by atoms with Gasteiger partial charge >= 0.3 is 272 Å². The third-order valence-electron chi connectivity index (χ3n) is 7.88. The van der Waals surface area contributed by atoms with Gasteiger partial charge in [0, 0.05) is 0 Å². The number of aryl methyl sites for hydroxylation is 2. The van der Waals surface area contributed by atoms with Gasteiger partial charge in [-0.15, -0.1) is 0 Å². The summed E-state index contributed by atoms with van der Waals surface area (Å²) in [6.45, 7) is 4.09. The first-order chi connectivity index (χ1) is 22.1. The number of nitrogens with zero attached hydrogens (tertiary/aromatic N) is 2. The van der Waals surface area contributed by atoms with Crippen LogP contribution in [-0.2, 0) is 3.22 Å². The van der Waals surface area contributed by atoms with Crippen molar-refractivity contribution in [2.75, 3.05) is 0 Å². The van der Waals surface area contributed by atoms with E-state index in [0.29, 0.717) is 11.5 Å². The van der Waals surface area contributed by atoms with E-state index in [2.05, 4.69) is 97.1 Å². The fourth-order valence-electron chi connectivity index (χ4n) is 5.82. The number of fused-ring (bicyclic) bond motifs is 2. The molecule has 7 rings (SSSR count). The molecule has 0 fully saturated rings. The Bertz CT molecular complexity index is 1890. The number of para-hydroxylation sites is 2. The molecule has 0 radical (unpaired) electrons. The normalized spacial score (nSPS) is 11.4. The molecule has 7 aromatic rings. The molecule has 0 aliphatic carbocycles. The third-order valence-corrected chi connectivity index (χ3v) is 17.2. The summed E-state index contributed by atoms with van der Waals surface area (Å²) in [7, 11) is -3.15. The van der Waals surface area contributed by atoms with Crippen LogP contribution in [0, 0.1) is 13.8 Å². The zero-order valence-electron chi connectivity index (χ0n) is 25.1. The summed E-state index contributed by atoms with van der Waals surface area (Å²) in [6.07, 6.45) is 3.74. The molecule has 0 aliphatic rings. The molecule has 5 nitrogen and oxygen atoms in total. The minimum atomic E-state index is -3.75. The number of aromatic nitrogens is 2. The molecule has 0 saturated carbocycles. The van der Waals surface area contributed by atoms with Crippen LogP contribution in [0.25, 0.3) is 21.8 Å². The van der Waals surface area contributed by atoms with Crippen molar-refractivity contribution in [1.82, 2.24) is 9.97 Å². The van der Waals surface area contributed by atoms with Gasteiger partial charge in [0.05, 0.1) is 0 Å². The van der Waals surface area contributed by atoms with Crippen LogP contribution in [0.1, 0.15) is 11.1 Å². The summed E-state index contributed by atoms with van der Waals surface area (Å²) < 4.78 is 21.5. The van der Waals surface area contributed by atoms with Gasteiger partial charge in [-0.3, -0.25) is 0 Å². The Balaban J connectivity index is 1.43. The summed E-state index contributed by atoms with van der Waals surface area (Å²) in [5.41, 5.74) is 3.74. The molecule has 2 aromatic heterocycles. The predicted molar refractivity (Wildman–Crippen MR) is 185 cm³/mol. The van der Waals surface area contributed by atoms with Crippen molar-refractivity contribution < 1.29 is 10.3 Å². The molecule has 2 heterocycles. The Hall–Kier alpha value is -4.67. The number of hydrogen-bond acceptors (Lipinski definition) is 5. The molecule has 0 N–H and O–H groups in total. The van der Waals surface area contributed by atoms with E-state index in [1.54, 1.807) is 0 Å². The van der Waals surface area contributed by atoms with Crippen molar-refractivity contribution in [3.63, 3.8) is 0 Å². The first kappa shape index (κ1) is 29.1. The first-order valence-corrected chi connectivity index (χ1v) is 19.9. The van der Waals surface area contributed by atoms with Crippen molar-refractivity contribution in [2.24, 2.45) is 0 Å². The average molecular weight is 661 g/mol. The monoisotopic (exact) mass is 660 g/mol. The van der Waals surface area contributed by atoms with Crippen LogP contribution in [0.5, 0.6) is 11.5 Å². The van der Waals surface area contributed by atoms with E-state index in [9.17, 15) is 0 Å². The zero-order valence-corrected chi connectivity index (χ0v) is 28.6. The third kappa shape index (κ3) is 5.91. The van der Waals surface area contributed by atoms with E-state index >= 15 is 0 Å². The molecule has 0 unspecified atom stereocenters. The summed E-state index contributed by atoms with van der Waals surface area (Å²) >= 11 is -3.75. The predicted octanol–water partition coefficient (Wildman–Crippen LogP) is 6.53. The van der Waals surface area contributed by atoms with E-state index in [-0.39, 0.29) is 0 Å². The Kier molecular flexibility index (Phi) is 8.23. The molecule has 0 spiro atoms. The molecule has 0 amide bonds. The molecule has 0 atom stereocenters. The van der Waals surface area contributed by atoms with Crippen LogP contribution in [0.4, 0.5) is 0 Å². The Labute approximate surface area is 270 Å². The first-order valence-electron chi connectivity index (χ1n) is 15.0. The Morgan fingerprint density at radius 1 is 0.489 bits per heavy atom. The van der Waals surface area contributed by atoms with Gasteiger partial charge in [0.25, 0.3) is 0 Å². The Morgan fingerprint density at radius 2 is 0.889 bits per heavy atom. The van der Waals surface area contributed by atoms with Gasteiger partial charge in [0.1, 0.15) is 0 Å². The van der Waals surface area contributed by atoms with Crippen LogP contribution in [0.15, 0.2) is 152 Å². The second-order valence-corrected chi connectivity index (χ2v) is 18.1. The number of benzene rings is 5. The van der Waals surface area contributed by atoms with Gasteiger partial charge in [-0.2, -0.15) is 0 Å². The molecule has 0 saturated heterocycles. The summed E-state index contributed by atoms with van der Waals surface area (Å²) in [5, 5.41) is 5.36. The van der Waals surface area contributed by atoms with Gasteiger partial charge in [0.2, 0.25) is 0 Å². The average Bonchev–Trinajstić information content (AvgIpc) is 3.08. The summed E-state index contributed by atoms with van der Waals surface area (Å²) in [5.74, 6) is 1.30. The quantitative estimate of drug-likeness (QED) is 0.130. The molecule has 45 heavy (non-hydrogen) atoms. The van der Waals surface area contributed by atoms with Crippen molar-refractivity contribution in [3.05, 3.63) is 163 Å². The van der Waals surface area contributed by atoms with Gasteiger partial charge in [-0.25, -0.2) is 0 Å². The maximum absolute atomic E-state index is 7.58. The van der Waals surface area contributed by atoms with E-state index in [0.717, 1.165) is 48.5 Å². The molecule has 0 bridgehead atoms. The Morgan fingerprint density at radius 3 is 1.29 bits per heavy atom. The van der Waals surface area contributed by atoms with Crippen molar-refractivity contribution >= 4 is 63.0 Å². The van der Waals surface area contributed by atoms with Crippen molar-refractivity contribution in [1.29, 1.82) is 0 Å². The van der Waals surface area contributed by atoms with Gasteiger partial charge in [-0.1, -0.05) is 0 Å². The summed E-state index contributed by atoms with van der Waals surface area (Å²) in [6, 6.07) is 47.8. The van der Waals surface area contributed by atoms with Crippen LogP contribution >= 0.6 is 0 Å². The zero-order chi connectivity index (χ0) is 30.6.